The molecule has 2 atom stereocenters. The van der Waals surface area contributed by atoms with Gasteiger partial charge in [0, 0.05) is 55.3 Å². The number of nitrogens with zero attached hydrogens (tertiary/aromatic N) is 2. The highest BCUT2D eigenvalue weighted by Gasteiger charge is 2.33. The largest absolute Gasteiger partial charge is 0.337 e. The highest BCUT2D eigenvalue weighted by atomic mass is 35.5. The summed E-state index contributed by atoms with van der Waals surface area (Å²) in [7, 11) is 0. The van der Waals surface area contributed by atoms with Gasteiger partial charge >= 0.3 is 0 Å². The third kappa shape index (κ3) is 6.46. The first-order valence-corrected chi connectivity index (χ1v) is 14.1. The Morgan fingerprint density at radius 2 is 1.94 bits per heavy atom. The number of hydrogen-bond acceptors (Lipinski definition) is 4. The van der Waals surface area contributed by atoms with Crippen molar-refractivity contribution >= 4 is 40.9 Å². The van der Waals surface area contributed by atoms with Crippen LogP contribution in [0.15, 0.2) is 12.1 Å². The maximum absolute atomic E-state index is 12.9. The fourth-order valence-electron chi connectivity index (χ4n) is 5.61. The summed E-state index contributed by atoms with van der Waals surface area (Å²) in [6, 6.07) is 4.11. The van der Waals surface area contributed by atoms with Crippen molar-refractivity contribution in [3.63, 3.8) is 0 Å². The van der Waals surface area contributed by atoms with Crippen molar-refractivity contribution in [1.82, 2.24) is 9.80 Å². The molecule has 0 bridgehead atoms. The number of piperazine rings is 1. The maximum Gasteiger partial charge on any atom is 0.226 e. The van der Waals surface area contributed by atoms with E-state index in [2.05, 4.69) is 29.0 Å². The molecule has 2 saturated heterocycles. The fraction of sp³-hybridized carbons (Fsp3) is 0.692. The molecule has 2 unspecified atom stereocenters. The molecular weight excluding hydrogens is 454 g/mol. The number of carbonyl (C=O) groups is 2. The summed E-state index contributed by atoms with van der Waals surface area (Å²) in [6.45, 7) is 7.55. The van der Waals surface area contributed by atoms with Crippen LogP contribution in [0.3, 0.4) is 0 Å². The Morgan fingerprint density at radius 3 is 2.64 bits per heavy atom. The van der Waals surface area contributed by atoms with E-state index in [4.69, 9.17) is 11.6 Å². The molecule has 1 N–H and O–H groups in total. The average Bonchev–Trinajstić information content (AvgIpc) is 3.32. The molecule has 1 aromatic carbocycles. The van der Waals surface area contributed by atoms with E-state index in [0.717, 1.165) is 68.0 Å². The number of benzene rings is 1. The molecule has 0 spiro atoms. The second-order valence-electron chi connectivity index (χ2n) is 10.2. The molecule has 1 aliphatic carbocycles. The highest BCUT2D eigenvalue weighted by molar-refractivity contribution is 7.99. The van der Waals surface area contributed by atoms with Gasteiger partial charge in [0.05, 0.1) is 0 Å². The first-order chi connectivity index (χ1) is 15.9. The molecule has 5 nitrogen and oxygen atoms in total. The van der Waals surface area contributed by atoms with Crippen LogP contribution < -0.4 is 5.32 Å². The van der Waals surface area contributed by atoms with Crippen LogP contribution in [0.5, 0.6) is 0 Å². The minimum Gasteiger partial charge on any atom is -0.337 e. The molecule has 182 valence electrons. The Labute approximate surface area is 208 Å². The van der Waals surface area contributed by atoms with Crippen molar-refractivity contribution in [2.75, 3.05) is 36.5 Å². The van der Waals surface area contributed by atoms with E-state index >= 15 is 0 Å². The van der Waals surface area contributed by atoms with E-state index in [0.29, 0.717) is 23.3 Å². The van der Waals surface area contributed by atoms with Gasteiger partial charge in [-0.3, -0.25) is 14.5 Å². The summed E-state index contributed by atoms with van der Waals surface area (Å²) >= 11 is 8.41. The van der Waals surface area contributed by atoms with Gasteiger partial charge in [0.15, 0.2) is 0 Å². The zero-order valence-corrected chi connectivity index (χ0v) is 21.6. The number of rotatable bonds is 6. The number of carbonyl (C=O) groups excluding carboxylic acids is 2. The van der Waals surface area contributed by atoms with Crippen LogP contribution in [0, 0.1) is 18.8 Å². The van der Waals surface area contributed by atoms with E-state index in [1.807, 2.05) is 23.9 Å². The molecule has 33 heavy (non-hydrogen) atoms. The smallest absolute Gasteiger partial charge is 0.226 e. The minimum atomic E-state index is 0.0893. The lowest BCUT2D eigenvalue weighted by atomic mass is 10.0. The number of anilines is 1. The molecule has 1 aromatic rings. The van der Waals surface area contributed by atoms with Gasteiger partial charge in [-0.2, -0.15) is 11.8 Å². The summed E-state index contributed by atoms with van der Waals surface area (Å²) in [4.78, 5) is 30.1. The average molecular weight is 492 g/mol. The summed E-state index contributed by atoms with van der Waals surface area (Å²) < 4.78 is 0. The summed E-state index contributed by atoms with van der Waals surface area (Å²) in [5, 5.41) is 3.79. The molecule has 2 aliphatic heterocycles. The van der Waals surface area contributed by atoms with E-state index in [9.17, 15) is 9.59 Å². The molecular formula is C26H38ClN3O2S. The predicted molar refractivity (Wildman–Crippen MR) is 138 cm³/mol. The third-order valence-corrected chi connectivity index (χ3v) is 9.08. The summed E-state index contributed by atoms with van der Waals surface area (Å²) in [6.07, 6.45) is 7.44. The van der Waals surface area contributed by atoms with Crippen LogP contribution in [0.4, 0.5) is 5.69 Å². The maximum atomic E-state index is 12.9. The van der Waals surface area contributed by atoms with Gasteiger partial charge in [0.2, 0.25) is 11.8 Å². The lowest BCUT2D eigenvalue weighted by molar-refractivity contribution is -0.140. The van der Waals surface area contributed by atoms with E-state index < -0.39 is 0 Å². The molecule has 0 aromatic heterocycles. The lowest BCUT2D eigenvalue weighted by Crippen LogP contribution is -2.54. The molecule has 0 radical (unpaired) electrons. The summed E-state index contributed by atoms with van der Waals surface area (Å²) in [5.74, 6) is 3.48. The molecule has 1 saturated carbocycles. The second-order valence-corrected chi connectivity index (χ2v) is 11.8. The SMILES string of the molecule is Cc1c(CN2CCN(C(=O)C3CCCC3)C(C)C2)cc(Cl)cc1NC(=O)CC1CCCSC1. The number of nitrogens with one attached hydrogen (secondary N) is 1. The summed E-state index contributed by atoms with van der Waals surface area (Å²) in [5.41, 5.74) is 3.06. The number of amides is 2. The molecule has 2 heterocycles. The molecule has 3 fully saturated rings. The van der Waals surface area contributed by atoms with Crippen LogP contribution >= 0.6 is 23.4 Å². The lowest BCUT2D eigenvalue weighted by Gasteiger charge is -2.41. The van der Waals surface area contributed by atoms with Crippen LogP contribution in [0.25, 0.3) is 0 Å². The molecule has 2 amide bonds. The van der Waals surface area contributed by atoms with Crippen LogP contribution in [0.2, 0.25) is 5.02 Å². The minimum absolute atomic E-state index is 0.0893. The van der Waals surface area contributed by atoms with Gasteiger partial charge in [-0.15, -0.1) is 0 Å². The van der Waals surface area contributed by atoms with E-state index in [-0.39, 0.29) is 17.9 Å². The highest BCUT2D eigenvalue weighted by Crippen LogP contribution is 2.30. The van der Waals surface area contributed by atoms with Crippen LogP contribution in [0.1, 0.15) is 63.0 Å². The number of hydrogen-bond donors (Lipinski definition) is 1. The van der Waals surface area contributed by atoms with Gasteiger partial charge in [0.1, 0.15) is 0 Å². The molecule has 3 aliphatic rings. The van der Waals surface area contributed by atoms with Gasteiger partial charge in [0.25, 0.3) is 0 Å². The van der Waals surface area contributed by atoms with Gasteiger partial charge in [-0.05, 0) is 80.2 Å². The van der Waals surface area contributed by atoms with Gasteiger partial charge < -0.3 is 10.2 Å². The van der Waals surface area contributed by atoms with Gasteiger partial charge in [-0.25, -0.2) is 0 Å². The van der Waals surface area contributed by atoms with Crippen molar-refractivity contribution in [3.8, 4) is 0 Å². The predicted octanol–water partition coefficient (Wildman–Crippen LogP) is 5.34. The van der Waals surface area contributed by atoms with Crippen LogP contribution in [-0.2, 0) is 16.1 Å². The van der Waals surface area contributed by atoms with Crippen molar-refractivity contribution in [2.45, 2.75) is 71.4 Å². The normalized spacial score (nSPS) is 24.8. The standard InChI is InChI=1S/C26H38ClN3O2S/c1-18-15-29(9-10-30(18)26(32)21-7-3-4-8-21)16-22-13-23(27)14-24(19(22)2)28-25(31)12-20-6-5-11-33-17-20/h13-14,18,20-21H,3-12,15-17H2,1-2H3,(H,28,31). The Bertz CT molecular complexity index is 852. The zero-order valence-electron chi connectivity index (χ0n) is 20.1. The Hall–Kier alpha value is -1.24. The first-order valence-electron chi connectivity index (χ1n) is 12.6. The van der Waals surface area contributed by atoms with Gasteiger partial charge in [-0.1, -0.05) is 24.4 Å². The number of thioether (sulfide) groups is 1. The topological polar surface area (TPSA) is 52.6 Å². The molecule has 7 heteroatoms. The van der Waals surface area contributed by atoms with E-state index in [1.165, 1.54) is 25.0 Å². The Kier molecular flexibility index (Phi) is 8.64. The van der Waals surface area contributed by atoms with Crippen molar-refractivity contribution in [2.24, 2.45) is 11.8 Å². The second kappa shape index (κ2) is 11.5. The van der Waals surface area contributed by atoms with Crippen molar-refractivity contribution < 1.29 is 9.59 Å². The van der Waals surface area contributed by atoms with Crippen LogP contribution in [-0.4, -0.2) is 58.8 Å². The fourth-order valence-corrected chi connectivity index (χ4v) is 7.01. The zero-order chi connectivity index (χ0) is 23.4. The van der Waals surface area contributed by atoms with E-state index in [1.54, 1.807) is 0 Å². The van der Waals surface area contributed by atoms with Crippen molar-refractivity contribution in [3.05, 3.63) is 28.3 Å². The molecule has 4 rings (SSSR count). The Balaban J connectivity index is 1.35. The first kappa shape index (κ1) is 24.9. The number of halogens is 1. The third-order valence-electron chi connectivity index (χ3n) is 7.58. The van der Waals surface area contributed by atoms with Crippen molar-refractivity contribution in [1.29, 1.82) is 0 Å². The quantitative estimate of drug-likeness (QED) is 0.583. The monoisotopic (exact) mass is 491 g/mol. The Morgan fingerprint density at radius 1 is 1.15 bits per heavy atom.